The number of hydrogen-bond donors (Lipinski definition) is 1. The Labute approximate surface area is 139 Å². The van der Waals surface area contributed by atoms with Gasteiger partial charge in [0.2, 0.25) is 10.0 Å². The molecule has 2 heterocycles. The molecule has 0 radical (unpaired) electrons. The van der Waals surface area contributed by atoms with Crippen LogP contribution in [0.25, 0.3) is 0 Å². The Morgan fingerprint density at radius 2 is 2.26 bits per heavy atom. The predicted octanol–water partition coefficient (Wildman–Crippen LogP) is 2.36. The van der Waals surface area contributed by atoms with E-state index < -0.39 is 15.8 Å². The first-order valence-electron chi connectivity index (χ1n) is 7.34. The maximum Gasteiger partial charge on any atom is 0.215 e. The molecule has 0 spiro atoms. The first-order valence-corrected chi connectivity index (χ1v) is 9.37. The van der Waals surface area contributed by atoms with E-state index in [4.69, 9.17) is 11.6 Å². The van der Waals surface area contributed by atoms with Crippen LogP contribution in [-0.2, 0) is 28.7 Å². The summed E-state index contributed by atoms with van der Waals surface area (Å²) in [4.78, 5) is 4.27. The minimum Gasteiger partial charge on any atom is -0.335 e. The highest BCUT2D eigenvalue weighted by molar-refractivity contribution is 7.88. The highest BCUT2D eigenvalue weighted by Gasteiger charge is 2.21. The summed E-state index contributed by atoms with van der Waals surface area (Å²) in [5.41, 5.74) is 0.461. The van der Waals surface area contributed by atoms with Gasteiger partial charge in [-0.15, -0.1) is 0 Å². The summed E-state index contributed by atoms with van der Waals surface area (Å²) < 4.78 is 42.2. The first-order chi connectivity index (χ1) is 10.9. The predicted molar refractivity (Wildman–Crippen MR) is 86.1 cm³/mol. The Bertz CT molecular complexity index is 807. The lowest BCUT2D eigenvalue weighted by Crippen LogP contribution is -2.33. The van der Waals surface area contributed by atoms with Gasteiger partial charge in [-0.2, -0.15) is 0 Å². The van der Waals surface area contributed by atoms with Gasteiger partial charge in [-0.3, -0.25) is 0 Å². The minimum absolute atomic E-state index is 0.0724. The van der Waals surface area contributed by atoms with Gasteiger partial charge in [0, 0.05) is 31.9 Å². The topological polar surface area (TPSA) is 64.0 Å². The smallest absolute Gasteiger partial charge is 0.215 e. The second-order valence-corrected chi connectivity index (χ2v) is 7.97. The molecule has 5 nitrogen and oxygen atoms in total. The van der Waals surface area contributed by atoms with Crippen molar-refractivity contribution in [2.75, 3.05) is 6.54 Å². The standard InChI is InChI=1S/C15H17ClFN3O2S/c16-13-7-12(1-2-14(13)17)10-23(21,22)19-9-11-3-5-20-6-4-18-15(20)8-11/h1-2,4,6-7,11,19H,3,5,8-10H2/t11-/m1/s1. The van der Waals surface area contributed by atoms with Gasteiger partial charge >= 0.3 is 0 Å². The number of sulfonamides is 1. The summed E-state index contributed by atoms with van der Waals surface area (Å²) in [6.45, 7) is 1.24. The number of halogens is 2. The van der Waals surface area contributed by atoms with Gasteiger partial charge in [0.25, 0.3) is 0 Å². The van der Waals surface area contributed by atoms with Gasteiger partial charge in [-0.1, -0.05) is 17.7 Å². The molecule has 0 fully saturated rings. The van der Waals surface area contributed by atoms with Crippen molar-refractivity contribution in [2.24, 2.45) is 5.92 Å². The lowest BCUT2D eigenvalue weighted by Gasteiger charge is -2.23. The van der Waals surface area contributed by atoms with Crippen LogP contribution in [0.3, 0.4) is 0 Å². The van der Waals surface area contributed by atoms with Crippen LogP contribution in [0.1, 0.15) is 17.8 Å². The molecule has 124 valence electrons. The van der Waals surface area contributed by atoms with E-state index in [1.807, 2.05) is 6.20 Å². The van der Waals surface area contributed by atoms with Crippen LogP contribution in [0.15, 0.2) is 30.6 Å². The number of aromatic nitrogens is 2. The zero-order valence-corrected chi connectivity index (χ0v) is 13.9. The Morgan fingerprint density at radius 1 is 1.43 bits per heavy atom. The summed E-state index contributed by atoms with van der Waals surface area (Å²) >= 11 is 5.68. The van der Waals surface area contributed by atoms with Crippen molar-refractivity contribution in [3.8, 4) is 0 Å². The molecule has 23 heavy (non-hydrogen) atoms. The molecule has 0 saturated carbocycles. The SMILES string of the molecule is O=S(=O)(Cc1ccc(F)c(Cl)c1)NC[C@@H]1CCn2ccnc2C1. The second kappa shape index (κ2) is 6.59. The van der Waals surface area contributed by atoms with E-state index in [1.165, 1.54) is 18.2 Å². The number of nitrogens with zero attached hydrogens (tertiary/aromatic N) is 2. The Morgan fingerprint density at radius 3 is 3.04 bits per heavy atom. The summed E-state index contributed by atoms with van der Waals surface area (Å²) in [6, 6.07) is 3.94. The van der Waals surface area contributed by atoms with E-state index in [1.54, 1.807) is 6.20 Å². The molecule has 0 unspecified atom stereocenters. The molecule has 2 aromatic rings. The van der Waals surface area contributed by atoms with E-state index in [0.717, 1.165) is 25.2 Å². The highest BCUT2D eigenvalue weighted by atomic mass is 35.5. The largest absolute Gasteiger partial charge is 0.335 e. The zero-order valence-electron chi connectivity index (χ0n) is 12.4. The van der Waals surface area contributed by atoms with E-state index >= 15 is 0 Å². The van der Waals surface area contributed by atoms with Gasteiger partial charge in [-0.05, 0) is 30.0 Å². The van der Waals surface area contributed by atoms with E-state index in [-0.39, 0.29) is 16.7 Å². The minimum atomic E-state index is -3.49. The lowest BCUT2D eigenvalue weighted by atomic mass is 9.98. The summed E-state index contributed by atoms with van der Waals surface area (Å²) in [6.07, 6.45) is 5.38. The van der Waals surface area contributed by atoms with Crippen LogP contribution < -0.4 is 4.72 Å². The second-order valence-electron chi connectivity index (χ2n) is 5.75. The molecule has 0 bridgehead atoms. The molecule has 8 heteroatoms. The van der Waals surface area contributed by atoms with E-state index in [2.05, 4.69) is 14.3 Å². The monoisotopic (exact) mass is 357 g/mol. The average Bonchev–Trinajstić information content (AvgIpc) is 2.96. The number of fused-ring (bicyclic) bond motifs is 1. The molecule has 0 saturated heterocycles. The molecule has 1 aliphatic rings. The maximum atomic E-state index is 13.1. The van der Waals surface area contributed by atoms with Crippen LogP contribution >= 0.6 is 11.6 Å². The molecular formula is C15H17ClFN3O2S. The Kier molecular flexibility index (Phi) is 4.70. The van der Waals surface area contributed by atoms with Gasteiger partial charge in [0.05, 0.1) is 10.8 Å². The zero-order chi connectivity index (χ0) is 16.4. The molecule has 0 aliphatic carbocycles. The fourth-order valence-electron chi connectivity index (χ4n) is 2.73. The van der Waals surface area contributed by atoms with Crippen LogP contribution in [0.2, 0.25) is 5.02 Å². The van der Waals surface area contributed by atoms with Crippen LogP contribution in [0.5, 0.6) is 0 Å². The van der Waals surface area contributed by atoms with Gasteiger partial charge < -0.3 is 4.57 Å². The summed E-state index contributed by atoms with van der Waals surface area (Å²) in [7, 11) is -3.49. The van der Waals surface area contributed by atoms with Crippen molar-refractivity contribution in [1.29, 1.82) is 0 Å². The molecular weight excluding hydrogens is 341 g/mol. The molecule has 3 rings (SSSR count). The third kappa shape index (κ3) is 4.10. The molecule has 1 atom stereocenters. The lowest BCUT2D eigenvalue weighted by molar-refractivity contribution is 0.379. The average molecular weight is 358 g/mol. The molecule has 1 N–H and O–H groups in total. The number of nitrogens with one attached hydrogen (secondary N) is 1. The fraction of sp³-hybridized carbons (Fsp3) is 0.400. The van der Waals surface area contributed by atoms with Gasteiger partial charge in [0.1, 0.15) is 11.6 Å². The Balaban J connectivity index is 1.58. The van der Waals surface area contributed by atoms with E-state index in [9.17, 15) is 12.8 Å². The van der Waals surface area contributed by atoms with Crippen molar-refractivity contribution in [3.05, 3.63) is 52.8 Å². The van der Waals surface area contributed by atoms with Crippen molar-refractivity contribution < 1.29 is 12.8 Å². The maximum absolute atomic E-state index is 13.1. The fourth-order valence-corrected chi connectivity index (χ4v) is 4.15. The van der Waals surface area contributed by atoms with Crippen molar-refractivity contribution in [2.45, 2.75) is 25.1 Å². The number of imidazole rings is 1. The Hall–Kier alpha value is -1.44. The van der Waals surface area contributed by atoms with E-state index in [0.29, 0.717) is 12.1 Å². The first kappa shape index (κ1) is 16.4. The van der Waals surface area contributed by atoms with Gasteiger partial charge in [-0.25, -0.2) is 22.5 Å². The molecule has 1 aromatic heterocycles. The van der Waals surface area contributed by atoms with Crippen LogP contribution in [-0.4, -0.2) is 24.5 Å². The molecule has 1 aliphatic heterocycles. The van der Waals surface area contributed by atoms with Gasteiger partial charge in [0.15, 0.2) is 0 Å². The number of hydrogen-bond acceptors (Lipinski definition) is 3. The third-order valence-electron chi connectivity index (χ3n) is 3.98. The summed E-state index contributed by atoms with van der Waals surface area (Å²) in [5, 5.41) is -0.0724. The number of benzene rings is 1. The molecule has 0 amide bonds. The number of aryl methyl sites for hydroxylation is 1. The van der Waals surface area contributed by atoms with Crippen LogP contribution in [0, 0.1) is 11.7 Å². The van der Waals surface area contributed by atoms with Crippen molar-refractivity contribution in [3.63, 3.8) is 0 Å². The number of rotatable bonds is 5. The normalized spacial score (nSPS) is 17.9. The quantitative estimate of drug-likeness (QED) is 0.893. The van der Waals surface area contributed by atoms with Crippen LogP contribution in [0.4, 0.5) is 4.39 Å². The summed E-state index contributed by atoms with van der Waals surface area (Å²) in [5.74, 6) is 0.453. The third-order valence-corrected chi connectivity index (χ3v) is 5.59. The van der Waals surface area contributed by atoms with Crippen molar-refractivity contribution in [1.82, 2.24) is 14.3 Å². The highest BCUT2D eigenvalue weighted by Crippen LogP contribution is 2.20. The molecule has 1 aromatic carbocycles. The van der Waals surface area contributed by atoms with Crippen molar-refractivity contribution >= 4 is 21.6 Å².